The highest BCUT2D eigenvalue weighted by atomic mass is 19.1. The van der Waals surface area contributed by atoms with E-state index < -0.39 is 41.7 Å². The summed E-state index contributed by atoms with van der Waals surface area (Å²) in [5.74, 6) is -2.33. The van der Waals surface area contributed by atoms with Gasteiger partial charge < -0.3 is 14.8 Å². The molecule has 0 saturated heterocycles. The van der Waals surface area contributed by atoms with Crippen LogP contribution in [-0.2, 0) is 29.3 Å². The molecule has 0 heterocycles. The molecule has 1 N–H and O–H groups in total. The Kier molecular flexibility index (Phi) is 7.54. The highest BCUT2D eigenvalue weighted by Crippen LogP contribution is 2.43. The molecular formula is C21H28FNO5. The van der Waals surface area contributed by atoms with Crippen molar-refractivity contribution < 1.29 is 28.2 Å². The molecule has 1 aliphatic carbocycles. The van der Waals surface area contributed by atoms with E-state index in [2.05, 4.69) is 5.32 Å². The lowest BCUT2D eigenvalue weighted by Gasteiger charge is -2.28. The van der Waals surface area contributed by atoms with Crippen LogP contribution in [0.3, 0.4) is 0 Å². The van der Waals surface area contributed by atoms with Crippen molar-refractivity contribution in [1.82, 2.24) is 5.32 Å². The summed E-state index contributed by atoms with van der Waals surface area (Å²) in [5.41, 5.74) is -0.755. The number of nitrogens with one attached hydrogen (secondary N) is 1. The Morgan fingerprint density at radius 1 is 1.21 bits per heavy atom. The van der Waals surface area contributed by atoms with E-state index in [0.717, 1.165) is 12.8 Å². The largest absolute Gasteiger partial charge is 0.467 e. The van der Waals surface area contributed by atoms with Crippen molar-refractivity contribution in [3.8, 4) is 0 Å². The van der Waals surface area contributed by atoms with Crippen molar-refractivity contribution in [1.29, 1.82) is 0 Å². The molecular weight excluding hydrogens is 365 g/mol. The van der Waals surface area contributed by atoms with E-state index in [1.165, 1.54) is 13.2 Å². The van der Waals surface area contributed by atoms with Crippen LogP contribution in [0.5, 0.6) is 0 Å². The summed E-state index contributed by atoms with van der Waals surface area (Å²) >= 11 is 0. The van der Waals surface area contributed by atoms with E-state index in [4.69, 9.17) is 9.47 Å². The molecule has 2 rings (SSSR count). The Balaban J connectivity index is 2.06. The minimum atomic E-state index is -1.07. The van der Waals surface area contributed by atoms with Crippen LogP contribution in [0.25, 0.3) is 0 Å². The van der Waals surface area contributed by atoms with Crippen LogP contribution in [0.15, 0.2) is 24.3 Å². The molecule has 28 heavy (non-hydrogen) atoms. The average Bonchev–Trinajstić information content (AvgIpc) is 3.20. The topological polar surface area (TPSA) is 81.7 Å². The van der Waals surface area contributed by atoms with Gasteiger partial charge in [-0.3, -0.25) is 9.59 Å². The quantitative estimate of drug-likeness (QED) is 0.687. The van der Waals surface area contributed by atoms with Gasteiger partial charge in [-0.1, -0.05) is 51.3 Å². The zero-order valence-electron chi connectivity index (χ0n) is 16.6. The first-order chi connectivity index (χ1) is 13.4. The first kappa shape index (κ1) is 21.9. The molecule has 2 atom stereocenters. The van der Waals surface area contributed by atoms with E-state index in [9.17, 15) is 18.8 Å². The van der Waals surface area contributed by atoms with E-state index in [1.54, 1.807) is 18.2 Å². The first-order valence-electron chi connectivity index (χ1n) is 9.65. The second-order valence-electron chi connectivity index (χ2n) is 7.30. The number of ether oxygens (including phenoxy) is 2. The second-order valence-corrected chi connectivity index (χ2v) is 7.30. The molecule has 0 spiro atoms. The van der Waals surface area contributed by atoms with Gasteiger partial charge in [0.05, 0.1) is 12.5 Å². The van der Waals surface area contributed by atoms with Gasteiger partial charge in [0.15, 0.2) is 6.61 Å². The number of carbonyl (C=O) groups is 3. The third-order valence-corrected chi connectivity index (χ3v) is 5.56. The Morgan fingerprint density at radius 3 is 2.43 bits per heavy atom. The minimum absolute atomic E-state index is 0.133. The molecule has 1 fully saturated rings. The summed E-state index contributed by atoms with van der Waals surface area (Å²) in [4.78, 5) is 37.0. The number of benzene rings is 1. The molecule has 0 radical (unpaired) electrons. The molecule has 1 amide bonds. The summed E-state index contributed by atoms with van der Waals surface area (Å²) in [6.07, 6.45) is 3.19. The number of esters is 2. The van der Waals surface area contributed by atoms with Crippen molar-refractivity contribution in [3.05, 3.63) is 35.6 Å². The second kappa shape index (κ2) is 9.66. The Morgan fingerprint density at radius 2 is 1.86 bits per heavy atom. The van der Waals surface area contributed by atoms with E-state index >= 15 is 0 Å². The number of carbonyl (C=O) groups excluding carboxylic acids is 3. The minimum Gasteiger partial charge on any atom is -0.467 e. The molecule has 1 aromatic rings. The third-order valence-electron chi connectivity index (χ3n) is 5.56. The fraction of sp³-hybridized carbons (Fsp3) is 0.571. The van der Waals surface area contributed by atoms with Gasteiger partial charge in [0.25, 0.3) is 5.91 Å². The normalized spacial score (nSPS) is 17.4. The summed E-state index contributed by atoms with van der Waals surface area (Å²) in [6, 6.07) is 5.36. The Labute approximate surface area is 164 Å². The van der Waals surface area contributed by atoms with Gasteiger partial charge in [0.2, 0.25) is 0 Å². The van der Waals surface area contributed by atoms with Gasteiger partial charge in [-0.15, -0.1) is 0 Å². The number of rotatable bonds is 8. The van der Waals surface area contributed by atoms with Crippen molar-refractivity contribution >= 4 is 17.8 Å². The maximum absolute atomic E-state index is 14.3. The lowest BCUT2D eigenvalue weighted by Crippen LogP contribution is -2.47. The molecule has 0 unspecified atom stereocenters. The van der Waals surface area contributed by atoms with Crippen LogP contribution in [0.1, 0.15) is 51.5 Å². The maximum atomic E-state index is 14.3. The first-order valence-corrected chi connectivity index (χ1v) is 9.65. The van der Waals surface area contributed by atoms with Gasteiger partial charge in [-0.25, -0.2) is 9.18 Å². The van der Waals surface area contributed by atoms with Gasteiger partial charge in [-0.05, 0) is 24.8 Å². The van der Waals surface area contributed by atoms with Crippen molar-refractivity contribution in [3.63, 3.8) is 0 Å². The smallest absolute Gasteiger partial charge is 0.328 e. The van der Waals surface area contributed by atoms with Crippen LogP contribution >= 0.6 is 0 Å². The molecule has 1 saturated carbocycles. The molecule has 0 bridgehead atoms. The number of halogens is 1. The average molecular weight is 393 g/mol. The SMILES string of the molecule is CC[C@@H](C)[C@@H](NC(=O)COC(=O)C1(c2ccccc2F)CCCC1)C(=O)OC. The summed E-state index contributed by atoms with van der Waals surface area (Å²) in [7, 11) is 1.25. The molecule has 1 aliphatic rings. The highest BCUT2D eigenvalue weighted by molar-refractivity contribution is 5.89. The number of hydrogen-bond acceptors (Lipinski definition) is 5. The van der Waals surface area contributed by atoms with Crippen molar-refractivity contribution in [2.75, 3.05) is 13.7 Å². The zero-order chi connectivity index (χ0) is 20.7. The molecule has 0 aliphatic heterocycles. The monoisotopic (exact) mass is 393 g/mol. The summed E-state index contributed by atoms with van der Waals surface area (Å²) in [5, 5.41) is 2.56. The van der Waals surface area contributed by atoms with Gasteiger partial charge in [-0.2, -0.15) is 0 Å². The van der Waals surface area contributed by atoms with Gasteiger partial charge in [0.1, 0.15) is 11.9 Å². The summed E-state index contributed by atoms with van der Waals surface area (Å²) in [6.45, 7) is 3.18. The third kappa shape index (κ3) is 4.69. The zero-order valence-corrected chi connectivity index (χ0v) is 16.6. The number of amides is 1. The van der Waals surface area contributed by atoms with Crippen LogP contribution in [-0.4, -0.2) is 37.6 Å². The van der Waals surface area contributed by atoms with Crippen LogP contribution < -0.4 is 5.32 Å². The summed E-state index contributed by atoms with van der Waals surface area (Å²) < 4.78 is 24.3. The fourth-order valence-corrected chi connectivity index (χ4v) is 3.69. The highest BCUT2D eigenvalue weighted by Gasteiger charge is 2.46. The predicted octanol–water partition coefficient (Wildman–Crippen LogP) is 2.88. The van der Waals surface area contributed by atoms with Gasteiger partial charge in [0, 0.05) is 5.56 Å². The molecule has 7 heteroatoms. The lowest BCUT2D eigenvalue weighted by atomic mass is 9.78. The standard InChI is InChI=1S/C21H28FNO5/c1-4-14(2)18(19(25)27-3)23-17(24)13-28-20(26)21(11-7-8-12-21)15-9-5-6-10-16(15)22/h5-6,9-10,14,18H,4,7-8,11-13H2,1-3H3,(H,23,24)/t14-,18-/m1/s1. The number of hydrogen-bond donors (Lipinski definition) is 1. The maximum Gasteiger partial charge on any atom is 0.328 e. The van der Waals surface area contributed by atoms with E-state index in [-0.39, 0.29) is 5.92 Å². The molecule has 1 aromatic carbocycles. The lowest BCUT2D eigenvalue weighted by molar-refractivity contribution is -0.155. The van der Waals surface area contributed by atoms with Crippen LogP contribution in [0, 0.1) is 11.7 Å². The molecule has 6 nitrogen and oxygen atoms in total. The van der Waals surface area contributed by atoms with Crippen molar-refractivity contribution in [2.24, 2.45) is 5.92 Å². The van der Waals surface area contributed by atoms with Crippen LogP contribution in [0.4, 0.5) is 4.39 Å². The molecule has 154 valence electrons. The van der Waals surface area contributed by atoms with E-state index in [0.29, 0.717) is 24.8 Å². The Hall–Kier alpha value is -2.44. The number of methoxy groups -OCH3 is 1. The fourth-order valence-electron chi connectivity index (χ4n) is 3.69. The van der Waals surface area contributed by atoms with Gasteiger partial charge >= 0.3 is 11.9 Å². The predicted molar refractivity (Wildman–Crippen MR) is 101 cm³/mol. The van der Waals surface area contributed by atoms with Crippen LogP contribution in [0.2, 0.25) is 0 Å². The molecule has 0 aromatic heterocycles. The van der Waals surface area contributed by atoms with E-state index in [1.807, 2.05) is 13.8 Å². The Bertz CT molecular complexity index is 715. The van der Waals surface area contributed by atoms with Crippen molar-refractivity contribution in [2.45, 2.75) is 57.4 Å².